The molecule has 1 amide bonds. The topological polar surface area (TPSA) is 90.1 Å². The maximum absolute atomic E-state index is 13.1. The highest BCUT2D eigenvalue weighted by molar-refractivity contribution is 5.96. The minimum atomic E-state index is -4.43. The molecule has 1 aliphatic heterocycles. The number of nitrogens with one attached hydrogen (secondary N) is 1. The van der Waals surface area contributed by atoms with E-state index in [1.165, 1.54) is 18.5 Å². The van der Waals surface area contributed by atoms with Gasteiger partial charge in [-0.25, -0.2) is 9.97 Å². The zero-order valence-corrected chi connectivity index (χ0v) is 14.4. The highest BCUT2D eigenvalue weighted by Gasteiger charge is 2.38. The van der Waals surface area contributed by atoms with Crippen LogP contribution in [0.1, 0.15) is 34.5 Å². The maximum atomic E-state index is 13.1. The number of benzene rings is 1. The average Bonchev–Trinajstić information content (AvgIpc) is 2.67. The molecule has 6 nitrogen and oxygen atoms in total. The van der Waals surface area contributed by atoms with E-state index in [-0.39, 0.29) is 18.1 Å². The number of hydrogen-bond donors (Lipinski definition) is 2. The van der Waals surface area contributed by atoms with Gasteiger partial charge in [0.2, 0.25) is 0 Å². The number of ether oxygens (including phenoxy) is 1. The van der Waals surface area contributed by atoms with Crippen molar-refractivity contribution in [2.45, 2.75) is 24.4 Å². The standard InChI is InChI=1S/C18H19F3N4O2/c19-18(20,21)13-3-1-2-12(10-13)17(4-8-27-9-5-17)11-25-16(26)14-15(22)24-7-6-23-14/h1-3,6-7,10H,4-5,8-9,11H2,(H2,22,24)(H,25,26). The number of carbonyl (C=O) groups excluding carboxylic acids is 1. The molecule has 3 rings (SSSR count). The molecule has 0 unspecified atom stereocenters. The first kappa shape index (κ1) is 19.1. The molecule has 0 aliphatic carbocycles. The van der Waals surface area contributed by atoms with Crippen molar-refractivity contribution in [3.8, 4) is 0 Å². The fourth-order valence-electron chi connectivity index (χ4n) is 3.21. The Balaban J connectivity index is 1.86. The van der Waals surface area contributed by atoms with Gasteiger partial charge in [0.1, 0.15) is 0 Å². The molecule has 1 aromatic carbocycles. The number of nitrogen functional groups attached to an aromatic ring is 1. The number of halogens is 3. The molecule has 2 aromatic rings. The number of amides is 1. The van der Waals surface area contributed by atoms with Gasteiger partial charge < -0.3 is 15.8 Å². The van der Waals surface area contributed by atoms with E-state index in [2.05, 4.69) is 15.3 Å². The van der Waals surface area contributed by atoms with Crippen LogP contribution in [0.15, 0.2) is 36.7 Å². The summed E-state index contributed by atoms with van der Waals surface area (Å²) in [6.45, 7) is 0.950. The van der Waals surface area contributed by atoms with Crippen molar-refractivity contribution in [3.63, 3.8) is 0 Å². The van der Waals surface area contributed by atoms with Gasteiger partial charge in [-0.3, -0.25) is 4.79 Å². The van der Waals surface area contributed by atoms with Gasteiger partial charge in [-0.1, -0.05) is 18.2 Å². The molecule has 0 bridgehead atoms. The smallest absolute Gasteiger partial charge is 0.382 e. The summed E-state index contributed by atoms with van der Waals surface area (Å²) in [4.78, 5) is 20.1. The molecule has 27 heavy (non-hydrogen) atoms. The molecule has 0 spiro atoms. The normalized spacial score (nSPS) is 16.7. The Labute approximate surface area is 154 Å². The van der Waals surface area contributed by atoms with Crippen molar-refractivity contribution < 1.29 is 22.7 Å². The second-order valence-electron chi connectivity index (χ2n) is 6.44. The Kier molecular flexibility index (Phi) is 5.31. The van der Waals surface area contributed by atoms with E-state index in [1.807, 2.05) is 0 Å². The highest BCUT2D eigenvalue weighted by Crippen LogP contribution is 2.37. The van der Waals surface area contributed by atoms with E-state index >= 15 is 0 Å². The second kappa shape index (κ2) is 7.51. The van der Waals surface area contributed by atoms with Gasteiger partial charge in [0.05, 0.1) is 5.56 Å². The molecule has 0 saturated carbocycles. The molecule has 1 fully saturated rings. The summed E-state index contributed by atoms with van der Waals surface area (Å²) < 4.78 is 44.7. The molecule has 1 aromatic heterocycles. The molecule has 1 saturated heterocycles. The first-order valence-electron chi connectivity index (χ1n) is 8.42. The third kappa shape index (κ3) is 4.19. The van der Waals surface area contributed by atoms with Crippen molar-refractivity contribution in [3.05, 3.63) is 53.5 Å². The van der Waals surface area contributed by atoms with Crippen molar-refractivity contribution >= 4 is 11.7 Å². The zero-order chi connectivity index (χ0) is 19.5. The van der Waals surface area contributed by atoms with Crippen LogP contribution in [0.3, 0.4) is 0 Å². The number of anilines is 1. The SMILES string of the molecule is Nc1nccnc1C(=O)NCC1(c2cccc(C(F)(F)F)c2)CCOCC1. The maximum Gasteiger partial charge on any atom is 0.416 e. The van der Waals surface area contributed by atoms with Gasteiger partial charge in [-0.2, -0.15) is 13.2 Å². The number of alkyl halides is 3. The van der Waals surface area contributed by atoms with Gasteiger partial charge in [0.15, 0.2) is 11.5 Å². The quantitative estimate of drug-likeness (QED) is 0.851. The fourth-order valence-corrected chi connectivity index (χ4v) is 3.21. The lowest BCUT2D eigenvalue weighted by Crippen LogP contribution is -2.45. The van der Waals surface area contributed by atoms with Crippen molar-refractivity contribution in [2.75, 3.05) is 25.5 Å². The Morgan fingerprint density at radius 1 is 1.22 bits per heavy atom. The van der Waals surface area contributed by atoms with Crippen molar-refractivity contribution in [1.82, 2.24) is 15.3 Å². The Bertz CT molecular complexity index is 820. The predicted molar refractivity (Wildman–Crippen MR) is 92.0 cm³/mol. The van der Waals surface area contributed by atoms with Crippen LogP contribution in [0.2, 0.25) is 0 Å². The number of aromatic nitrogens is 2. The van der Waals surface area contributed by atoms with Crippen LogP contribution in [0.5, 0.6) is 0 Å². The highest BCUT2D eigenvalue weighted by atomic mass is 19.4. The summed E-state index contributed by atoms with van der Waals surface area (Å²) in [7, 11) is 0. The largest absolute Gasteiger partial charge is 0.416 e. The summed E-state index contributed by atoms with van der Waals surface area (Å²) in [6.07, 6.45) is -0.730. The first-order chi connectivity index (χ1) is 12.8. The number of rotatable bonds is 4. The van der Waals surface area contributed by atoms with Crippen molar-refractivity contribution in [2.24, 2.45) is 0 Å². The van der Waals surface area contributed by atoms with E-state index in [0.717, 1.165) is 12.1 Å². The average molecular weight is 380 g/mol. The second-order valence-corrected chi connectivity index (χ2v) is 6.44. The van der Waals surface area contributed by atoms with E-state index in [0.29, 0.717) is 31.6 Å². The van der Waals surface area contributed by atoms with E-state index in [9.17, 15) is 18.0 Å². The number of hydrogen-bond acceptors (Lipinski definition) is 5. The number of nitrogens with two attached hydrogens (primary N) is 1. The lowest BCUT2D eigenvalue weighted by atomic mass is 9.73. The van der Waals surface area contributed by atoms with Crippen LogP contribution in [-0.2, 0) is 16.3 Å². The molecule has 0 atom stereocenters. The Morgan fingerprint density at radius 2 is 1.93 bits per heavy atom. The van der Waals surface area contributed by atoms with Crippen LogP contribution in [-0.4, -0.2) is 35.6 Å². The first-order valence-corrected chi connectivity index (χ1v) is 8.42. The van der Waals surface area contributed by atoms with Crippen LogP contribution >= 0.6 is 0 Å². The lowest BCUT2D eigenvalue weighted by Gasteiger charge is -2.38. The molecular formula is C18H19F3N4O2. The monoisotopic (exact) mass is 380 g/mol. The minimum Gasteiger partial charge on any atom is -0.382 e. The van der Waals surface area contributed by atoms with Gasteiger partial charge in [0, 0.05) is 37.6 Å². The van der Waals surface area contributed by atoms with Gasteiger partial charge in [0.25, 0.3) is 5.91 Å². The summed E-state index contributed by atoms with van der Waals surface area (Å²) in [5.41, 5.74) is 4.80. The predicted octanol–water partition coefficient (Wildman–Crippen LogP) is 2.56. The third-order valence-corrected chi connectivity index (χ3v) is 4.78. The van der Waals surface area contributed by atoms with Crippen LogP contribution in [0.4, 0.5) is 19.0 Å². The summed E-state index contributed by atoms with van der Waals surface area (Å²) in [6, 6.07) is 5.23. The fraction of sp³-hybridized carbons (Fsp3) is 0.389. The van der Waals surface area contributed by atoms with Gasteiger partial charge in [-0.15, -0.1) is 0 Å². The molecule has 2 heterocycles. The van der Waals surface area contributed by atoms with Gasteiger partial charge in [-0.05, 0) is 24.5 Å². The zero-order valence-electron chi connectivity index (χ0n) is 14.4. The Hall–Kier alpha value is -2.68. The van der Waals surface area contributed by atoms with Crippen molar-refractivity contribution in [1.29, 1.82) is 0 Å². The van der Waals surface area contributed by atoms with E-state index < -0.39 is 23.1 Å². The Morgan fingerprint density at radius 3 is 2.59 bits per heavy atom. The van der Waals surface area contributed by atoms with Gasteiger partial charge >= 0.3 is 6.18 Å². The molecule has 144 valence electrons. The third-order valence-electron chi connectivity index (χ3n) is 4.78. The van der Waals surface area contributed by atoms with E-state index in [1.54, 1.807) is 6.07 Å². The molecule has 9 heteroatoms. The number of nitrogens with zero attached hydrogens (tertiary/aromatic N) is 2. The molecule has 1 aliphatic rings. The van der Waals surface area contributed by atoms with E-state index in [4.69, 9.17) is 10.5 Å². The number of carbonyl (C=O) groups is 1. The van der Waals surface area contributed by atoms with Crippen LogP contribution in [0.25, 0.3) is 0 Å². The minimum absolute atomic E-state index is 0.00454. The lowest BCUT2D eigenvalue weighted by molar-refractivity contribution is -0.137. The van der Waals surface area contributed by atoms with Crippen LogP contribution < -0.4 is 11.1 Å². The summed E-state index contributed by atoms with van der Waals surface area (Å²) in [5.74, 6) is -0.520. The van der Waals surface area contributed by atoms with Crippen LogP contribution in [0, 0.1) is 0 Å². The summed E-state index contributed by atoms with van der Waals surface area (Å²) >= 11 is 0. The summed E-state index contributed by atoms with van der Waals surface area (Å²) in [5, 5.41) is 2.75. The molecule has 0 radical (unpaired) electrons. The molecule has 3 N–H and O–H groups in total. The molecular weight excluding hydrogens is 361 g/mol.